The Bertz CT molecular complexity index is 204. The second kappa shape index (κ2) is 6.37. The number of amides is 1. The van der Waals surface area contributed by atoms with Crippen molar-refractivity contribution in [2.75, 3.05) is 13.7 Å². The number of carbonyl (C=O) groups is 2. The topological polar surface area (TPSA) is 81.4 Å². The third-order valence-corrected chi connectivity index (χ3v) is 1.70. The smallest absolute Gasteiger partial charge is 0.325 e. The molecule has 0 rings (SSSR count). The molecule has 3 N–H and O–H groups in total. The van der Waals surface area contributed by atoms with Gasteiger partial charge in [-0.1, -0.05) is 13.8 Å². The average Bonchev–Trinajstić information content (AvgIpc) is 2.12. The van der Waals surface area contributed by atoms with Gasteiger partial charge in [0.15, 0.2) is 0 Å². The summed E-state index contributed by atoms with van der Waals surface area (Å²) in [7, 11) is 1.27. The predicted octanol–water partition coefficient (Wildman–Crippen LogP) is -0.351. The SMILES string of the molecule is COC(=O)CNC(=O)[C@H](N)CC(C)C. The molecule has 0 aromatic rings. The van der Waals surface area contributed by atoms with Crippen LogP contribution in [0.2, 0.25) is 0 Å². The zero-order valence-corrected chi connectivity index (χ0v) is 8.87. The van der Waals surface area contributed by atoms with Crippen molar-refractivity contribution in [1.29, 1.82) is 0 Å². The van der Waals surface area contributed by atoms with Gasteiger partial charge in [0.05, 0.1) is 13.2 Å². The summed E-state index contributed by atoms with van der Waals surface area (Å²) >= 11 is 0. The fourth-order valence-electron chi connectivity index (χ4n) is 0.977. The molecule has 1 amide bonds. The lowest BCUT2D eigenvalue weighted by molar-refractivity contribution is -0.141. The Morgan fingerprint density at radius 3 is 2.43 bits per heavy atom. The summed E-state index contributed by atoms with van der Waals surface area (Å²) < 4.78 is 4.37. The average molecular weight is 202 g/mol. The fraction of sp³-hybridized carbons (Fsp3) is 0.778. The van der Waals surface area contributed by atoms with Gasteiger partial charge >= 0.3 is 5.97 Å². The Labute approximate surface area is 84.0 Å². The summed E-state index contributed by atoms with van der Waals surface area (Å²) in [6.45, 7) is 3.84. The molecule has 14 heavy (non-hydrogen) atoms. The van der Waals surface area contributed by atoms with E-state index >= 15 is 0 Å². The standard InChI is InChI=1S/C9H18N2O3/c1-6(2)4-7(10)9(13)11-5-8(12)14-3/h6-7H,4-5,10H2,1-3H3,(H,11,13)/t7-/m1/s1. The maximum Gasteiger partial charge on any atom is 0.325 e. The van der Waals surface area contributed by atoms with E-state index in [-0.39, 0.29) is 12.5 Å². The molecule has 0 bridgehead atoms. The van der Waals surface area contributed by atoms with Crippen LogP contribution in [0.1, 0.15) is 20.3 Å². The van der Waals surface area contributed by atoms with Crippen LogP contribution in [-0.2, 0) is 14.3 Å². The first-order chi connectivity index (χ1) is 6.47. The van der Waals surface area contributed by atoms with Crippen molar-refractivity contribution in [3.05, 3.63) is 0 Å². The number of methoxy groups -OCH3 is 1. The fourth-order valence-corrected chi connectivity index (χ4v) is 0.977. The number of ether oxygens (including phenoxy) is 1. The van der Waals surface area contributed by atoms with Gasteiger partial charge in [-0.2, -0.15) is 0 Å². The second-order valence-corrected chi connectivity index (χ2v) is 3.53. The molecule has 0 aromatic carbocycles. The van der Waals surface area contributed by atoms with Gasteiger partial charge in [0, 0.05) is 0 Å². The van der Waals surface area contributed by atoms with Crippen molar-refractivity contribution < 1.29 is 14.3 Å². The summed E-state index contributed by atoms with van der Waals surface area (Å²) in [5, 5.41) is 2.40. The van der Waals surface area contributed by atoms with Gasteiger partial charge in [-0.15, -0.1) is 0 Å². The highest BCUT2D eigenvalue weighted by atomic mass is 16.5. The van der Waals surface area contributed by atoms with Crippen LogP contribution in [-0.4, -0.2) is 31.6 Å². The first-order valence-electron chi connectivity index (χ1n) is 4.57. The largest absolute Gasteiger partial charge is 0.468 e. The molecule has 0 unspecified atom stereocenters. The lowest BCUT2D eigenvalue weighted by Gasteiger charge is -2.13. The lowest BCUT2D eigenvalue weighted by Crippen LogP contribution is -2.43. The van der Waals surface area contributed by atoms with Crippen LogP contribution in [0.5, 0.6) is 0 Å². The molecule has 0 aliphatic rings. The van der Waals surface area contributed by atoms with E-state index in [1.165, 1.54) is 7.11 Å². The van der Waals surface area contributed by atoms with E-state index in [1.807, 2.05) is 13.8 Å². The van der Waals surface area contributed by atoms with Crippen LogP contribution in [0.25, 0.3) is 0 Å². The van der Waals surface area contributed by atoms with Crippen LogP contribution in [0.4, 0.5) is 0 Å². The summed E-state index contributed by atoms with van der Waals surface area (Å²) in [5.74, 6) is -0.437. The Morgan fingerprint density at radius 2 is 2.00 bits per heavy atom. The van der Waals surface area contributed by atoms with Crippen LogP contribution >= 0.6 is 0 Å². The minimum Gasteiger partial charge on any atom is -0.468 e. The highest BCUT2D eigenvalue weighted by Crippen LogP contribution is 2.02. The Kier molecular flexibility index (Phi) is 5.87. The van der Waals surface area contributed by atoms with Gasteiger partial charge in [-0.25, -0.2) is 0 Å². The third-order valence-electron chi connectivity index (χ3n) is 1.70. The second-order valence-electron chi connectivity index (χ2n) is 3.53. The number of rotatable bonds is 5. The van der Waals surface area contributed by atoms with Crippen molar-refractivity contribution >= 4 is 11.9 Å². The maximum atomic E-state index is 11.3. The highest BCUT2D eigenvalue weighted by Gasteiger charge is 2.15. The zero-order chi connectivity index (χ0) is 11.1. The van der Waals surface area contributed by atoms with E-state index in [0.29, 0.717) is 12.3 Å². The third kappa shape index (κ3) is 5.53. The molecular formula is C9H18N2O3. The van der Waals surface area contributed by atoms with Crippen LogP contribution < -0.4 is 11.1 Å². The molecule has 5 heteroatoms. The van der Waals surface area contributed by atoms with E-state index in [4.69, 9.17) is 5.73 Å². The van der Waals surface area contributed by atoms with E-state index in [9.17, 15) is 9.59 Å². The summed E-state index contributed by atoms with van der Waals surface area (Å²) in [6, 6.07) is -0.556. The maximum absolute atomic E-state index is 11.3. The number of hydrogen-bond donors (Lipinski definition) is 2. The lowest BCUT2D eigenvalue weighted by atomic mass is 10.0. The Morgan fingerprint density at radius 1 is 1.43 bits per heavy atom. The number of nitrogens with one attached hydrogen (secondary N) is 1. The molecule has 0 aliphatic heterocycles. The molecule has 0 radical (unpaired) electrons. The monoisotopic (exact) mass is 202 g/mol. The first-order valence-corrected chi connectivity index (χ1v) is 4.57. The van der Waals surface area contributed by atoms with E-state index < -0.39 is 12.0 Å². The molecule has 82 valence electrons. The molecule has 0 aliphatic carbocycles. The summed E-state index contributed by atoms with van der Waals surface area (Å²) in [5.41, 5.74) is 5.58. The van der Waals surface area contributed by atoms with Crippen LogP contribution in [0.15, 0.2) is 0 Å². The molecule has 0 saturated carbocycles. The molecule has 0 saturated heterocycles. The van der Waals surface area contributed by atoms with Gasteiger partial charge in [0.2, 0.25) is 5.91 Å². The van der Waals surface area contributed by atoms with Crippen LogP contribution in [0, 0.1) is 5.92 Å². The van der Waals surface area contributed by atoms with Gasteiger partial charge in [-0.05, 0) is 12.3 Å². The normalized spacial score (nSPS) is 12.4. The summed E-state index contributed by atoms with van der Waals surface area (Å²) in [4.78, 5) is 21.9. The van der Waals surface area contributed by atoms with Crippen LogP contribution in [0.3, 0.4) is 0 Å². The van der Waals surface area contributed by atoms with Gasteiger partial charge in [0.25, 0.3) is 0 Å². The minimum absolute atomic E-state index is 0.124. The number of esters is 1. The van der Waals surface area contributed by atoms with Gasteiger partial charge in [0.1, 0.15) is 6.54 Å². The molecule has 0 fully saturated rings. The molecule has 0 heterocycles. The first kappa shape index (κ1) is 12.9. The highest BCUT2D eigenvalue weighted by molar-refractivity contribution is 5.85. The molecule has 0 aromatic heterocycles. The minimum atomic E-state index is -0.556. The number of hydrogen-bond acceptors (Lipinski definition) is 4. The van der Waals surface area contributed by atoms with Crippen molar-refractivity contribution in [3.8, 4) is 0 Å². The number of nitrogens with two attached hydrogens (primary N) is 1. The Balaban J connectivity index is 3.78. The van der Waals surface area contributed by atoms with Crippen molar-refractivity contribution in [2.45, 2.75) is 26.3 Å². The predicted molar refractivity (Wildman–Crippen MR) is 52.5 cm³/mol. The van der Waals surface area contributed by atoms with Gasteiger partial charge in [-0.3, -0.25) is 9.59 Å². The molecular weight excluding hydrogens is 184 g/mol. The van der Waals surface area contributed by atoms with E-state index in [1.54, 1.807) is 0 Å². The summed E-state index contributed by atoms with van der Waals surface area (Å²) in [6.07, 6.45) is 0.604. The quantitative estimate of drug-likeness (QED) is 0.597. The van der Waals surface area contributed by atoms with E-state index in [0.717, 1.165) is 0 Å². The number of carbonyl (C=O) groups excluding carboxylic acids is 2. The van der Waals surface area contributed by atoms with Crippen molar-refractivity contribution in [1.82, 2.24) is 5.32 Å². The zero-order valence-electron chi connectivity index (χ0n) is 8.87. The van der Waals surface area contributed by atoms with Crippen molar-refractivity contribution in [3.63, 3.8) is 0 Å². The Hall–Kier alpha value is -1.10. The molecule has 1 atom stereocenters. The van der Waals surface area contributed by atoms with Gasteiger partial charge < -0.3 is 15.8 Å². The molecule has 5 nitrogen and oxygen atoms in total. The van der Waals surface area contributed by atoms with Crippen molar-refractivity contribution in [2.24, 2.45) is 11.7 Å². The molecule has 0 spiro atoms. The van der Waals surface area contributed by atoms with E-state index in [2.05, 4.69) is 10.1 Å².